The van der Waals surface area contributed by atoms with Crippen molar-refractivity contribution in [1.29, 1.82) is 0 Å². The molecule has 3 heterocycles. The van der Waals surface area contributed by atoms with Crippen molar-refractivity contribution in [2.24, 2.45) is 13.0 Å². The van der Waals surface area contributed by atoms with E-state index in [1.807, 2.05) is 18.4 Å². The van der Waals surface area contributed by atoms with Gasteiger partial charge in [-0.1, -0.05) is 13.8 Å². The summed E-state index contributed by atoms with van der Waals surface area (Å²) >= 11 is 0. The molecule has 1 unspecified atom stereocenters. The molecule has 1 saturated heterocycles. The van der Waals surface area contributed by atoms with Gasteiger partial charge < -0.3 is 9.88 Å². The third kappa shape index (κ3) is 2.49. The summed E-state index contributed by atoms with van der Waals surface area (Å²) in [5.74, 6) is 0.306. The standard InChI is InChI=1S/C15H23N5O2/c1-10(2)7-20-13-12(14(21)18(3)15(20)22)19(9-17-13)8-11-5-4-6-16-11/h9-11,16H,4-8H2,1-3H3. The Kier molecular flexibility index (Phi) is 3.90. The van der Waals surface area contributed by atoms with Crippen molar-refractivity contribution in [3.63, 3.8) is 0 Å². The van der Waals surface area contributed by atoms with Crippen LogP contribution in [0.4, 0.5) is 0 Å². The normalized spacial score (nSPS) is 18.6. The van der Waals surface area contributed by atoms with Gasteiger partial charge >= 0.3 is 5.69 Å². The van der Waals surface area contributed by atoms with Crippen molar-refractivity contribution in [2.75, 3.05) is 6.54 Å². The average molecular weight is 305 g/mol. The highest BCUT2D eigenvalue weighted by atomic mass is 16.2. The van der Waals surface area contributed by atoms with Crippen molar-refractivity contribution in [3.05, 3.63) is 27.2 Å². The number of aromatic nitrogens is 4. The van der Waals surface area contributed by atoms with E-state index in [1.165, 1.54) is 11.6 Å². The molecule has 3 rings (SSSR count). The largest absolute Gasteiger partial charge is 0.332 e. The molecule has 0 saturated carbocycles. The third-order valence-electron chi connectivity index (χ3n) is 4.23. The molecule has 0 aliphatic carbocycles. The maximum atomic E-state index is 12.5. The fraction of sp³-hybridized carbons (Fsp3) is 0.667. The molecule has 1 fully saturated rings. The van der Waals surface area contributed by atoms with E-state index in [0.29, 0.717) is 36.2 Å². The van der Waals surface area contributed by atoms with Crippen LogP contribution in [0.1, 0.15) is 26.7 Å². The molecule has 1 aliphatic rings. The van der Waals surface area contributed by atoms with Gasteiger partial charge in [0, 0.05) is 26.2 Å². The van der Waals surface area contributed by atoms with Crippen molar-refractivity contribution in [2.45, 2.75) is 45.8 Å². The van der Waals surface area contributed by atoms with E-state index < -0.39 is 0 Å². The maximum Gasteiger partial charge on any atom is 0.332 e. The highest BCUT2D eigenvalue weighted by molar-refractivity contribution is 5.70. The number of rotatable bonds is 4. The van der Waals surface area contributed by atoms with Gasteiger partial charge in [-0.25, -0.2) is 9.78 Å². The Bertz CT molecular complexity index is 793. The van der Waals surface area contributed by atoms with Crippen molar-refractivity contribution >= 4 is 11.2 Å². The quantitative estimate of drug-likeness (QED) is 0.882. The lowest BCUT2D eigenvalue weighted by Crippen LogP contribution is -2.39. The predicted molar refractivity (Wildman–Crippen MR) is 85.1 cm³/mol. The minimum Gasteiger partial charge on any atom is -0.323 e. The molecule has 0 spiro atoms. The SMILES string of the molecule is CC(C)Cn1c(=O)n(C)c(=O)c2c1ncn2CC1CCCN1. The second-order valence-electron chi connectivity index (χ2n) is 6.51. The minimum absolute atomic E-state index is 0.268. The van der Waals surface area contributed by atoms with Crippen LogP contribution in [-0.4, -0.2) is 31.3 Å². The lowest BCUT2D eigenvalue weighted by molar-refractivity contribution is 0.497. The zero-order valence-corrected chi connectivity index (χ0v) is 13.4. The summed E-state index contributed by atoms with van der Waals surface area (Å²) < 4.78 is 4.68. The van der Waals surface area contributed by atoms with Crippen LogP contribution in [0.5, 0.6) is 0 Å². The second kappa shape index (κ2) is 5.72. The monoisotopic (exact) mass is 305 g/mol. The molecule has 22 heavy (non-hydrogen) atoms. The number of hydrogen-bond acceptors (Lipinski definition) is 4. The van der Waals surface area contributed by atoms with Crippen LogP contribution in [0, 0.1) is 5.92 Å². The van der Waals surface area contributed by atoms with Crippen LogP contribution in [-0.2, 0) is 20.1 Å². The van der Waals surface area contributed by atoms with E-state index in [-0.39, 0.29) is 11.2 Å². The van der Waals surface area contributed by atoms with Crippen LogP contribution in [0.15, 0.2) is 15.9 Å². The van der Waals surface area contributed by atoms with E-state index in [9.17, 15) is 9.59 Å². The predicted octanol–water partition coefficient (Wildman–Crippen LogP) is 0.305. The van der Waals surface area contributed by atoms with E-state index in [4.69, 9.17) is 0 Å². The third-order valence-corrected chi connectivity index (χ3v) is 4.23. The molecule has 0 aromatic carbocycles. The smallest absolute Gasteiger partial charge is 0.323 e. The van der Waals surface area contributed by atoms with Crippen LogP contribution in [0.2, 0.25) is 0 Å². The lowest BCUT2D eigenvalue weighted by Gasteiger charge is -2.14. The zero-order valence-electron chi connectivity index (χ0n) is 13.4. The van der Waals surface area contributed by atoms with Crippen molar-refractivity contribution in [1.82, 2.24) is 24.0 Å². The Hall–Kier alpha value is -1.89. The highest BCUT2D eigenvalue weighted by Crippen LogP contribution is 2.13. The molecule has 2 aromatic heterocycles. The first-order valence-electron chi connectivity index (χ1n) is 7.87. The van der Waals surface area contributed by atoms with Crippen LogP contribution < -0.4 is 16.6 Å². The molecular formula is C15H23N5O2. The molecule has 1 atom stereocenters. The first kappa shape index (κ1) is 15.0. The Morgan fingerprint density at radius 2 is 2.18 bits per heavy atom. The Morgan fingerprint density at radius 1 is 1.41 bits per heavy atom. The highest BCUT2D eigenvalue weighted by Gasteiger charge is 2.20. The van der Waals surface area contributed by atoms with Crippen molar-refractivity contribution in [3.8, 4) is 0 Å². The molecule has 7 nitrogen and oxygen atoms in total. The van der Waals surface area contributed by atoms with Crippen LogP contribution in [0.25, 0.3) is 11.2 Å². The molecule has 120 valence electrons. The van der Waals surface area contributed by atoms with Gasteiger partial charge in [0.2, 0.25) is 0 Å². The van der Waals surface area contributed by atoms with Gasteiger partial charge in [-0.05, 0) is 25.3 Å². The van der Waals surface area contributed by atoms with Crippen LogP contribution >= 0.6 is 0 Å². The second-order valence-corrected chi connectivity index (χ2v) is 6.51. The number of imidazole rings is 1. The molecular weight excluding hydrogens is 282 g/mol. The minimum atomic E-state index is -0.296. The summed E-state index contributed by atoms with van der Waals surface area (Å²) in [6.45, 7) is 6.38. The lowest BCUT2D eigenvalue weighted by atomic mass is 10.2. The summed E-state index contributed by atoms with van der Waals surface area (Å²) in [5, 5.41) is 3.43. The number of hydrogen-bond donors (Lipinski definition) is 1. The number of fused-ring (bicyclic) bond motifs is 1. The summed E-state index contributed by atoms with van der Waals surface area (Å²) in [6, 6.07) is 0.368. The molecule has 7 heteroatoms. The average Bonchev–Trinajstić information content (AvgIpc) is 3.11. The van der Waals surface area contributed by atoms with E-state index >= 15 is 0 Å². The molecule has 2 aromatic rings. The van der Waals surface area contributed by atoms with Gasteiger partial charge in [0.25, 0.3) is 5.56 Å². The molecule has 0 radical (unpaired) electrons. The molecule has 0 amide bonds. The fourth-order valence-corrected chi connectivity index (χ4v) is 3.12. The number of nitrogens with zero attached hydrogens (tertiary/aromatic N) is 4. The first-order valence-corrected chi connectivity index (χ1v) is 7.87. The Labute approximate surface area is 128 Å². The zero-order chi connectivity index (χ0) is 15.9. The molecule has 0 bridgehead atoms. The Morgan fingerprint density at radius 3 is 2.82 bits per heavy atom. The van der Waals surface area contributed by atoms with E-state index in [0.717, 1.165) is 19.4 Å². The fourth-order valence-electron chi connectivity index (χ4n) is 3.12. The molecule has 1 N–H and O–H groups in total. The topological polar surface area (TPSA) is 73.8 Å². The van der Waals surface area contributed by atoms with Gasteiger partial charge in [0.1, 0.15) is 0 Å². The van der Waals surface area contributed by atoms with E-state index in [1.54, 1.807) is 10.9 Å². The summed E-state index contributed by atoms with van der Waals surface area (Å²) in [6.07, 6.45) is 3.95. The molecule has 1 aliphatic heterocycles. The van der Waals surface area contributed by atoms with Gasteiger partial charge in [-0.2, -0.15) is 0 Å². The maximum absolute atomic E-state index is 12.5. The summed E-state index contributed by atoms with van der Waals surface area (Å²) in [7, 11) is 1.53. The van der Waals surface area contributed by atoms with Crippen molar-refractivity contribution < 1.29 is 0 Å². The first-order chi connectivity index (χ1) is 10.5. The van der Waals surface area contributed by atoms with Crippen LogP contribution in [0.3, 0.4) is 0 Å². The Balaban J connectivity index is 2.15. The number of nitrogens with one attached hydrogen (secondary N) is 1. The van der Waals surface area contributed by atoms with Gasteiger partial charge in [0.05, 0.1) is 6.33 Å². The van der Waals surface area contributed by atoms with Gasteiger partial charge in [-0.15, -0.1) is 0 Å². The summed E-state index contributed by atoms with van der Waals surface area (Å²) in [5.41, 5.74) is 0.460. The van der Waals surface area contributed by atoms with Gasteiger partial charge in [-0.3, -0.25) is 13.9 Å². The van der Waals surface area contributed by atoms with Gasteiger partial charge in [0.15, 0.2) is 11.2 Å². The van der Waals surface area contributed by atoms with E-state index in [2.05, 4.69) is 10.3 Å². The summed E-state index contributed by atoms with van der Waals surface area (Å²) in [4.78, 5) is 29.2.